The molecule has 2 aliphatic rings. The molecule has 3 rings (SSSR count). The van der Waals surface area contributed by atoms with E-state index in [-0.39, 0.29) is 0 Å². The number of nitrogens with two attached hydrogens (primary N) is 1. The van der Waals surface area contributed by atoms with E-state index in [1.165, 1.54) is 43.4 Å². The molecule has 1 saturated carbocycles. The van der Waals surface area contributed by atoms with Crippen LogP contribution >= 0.6 is 0 Å². The quantitative estimate of drug-likeness (QED) is 0.827. The monoisotopic (exact) mass is 244 g/mol. The van der Waals surface area contributed by atoms with Gasteiger partial charge in [-0.3, -0.25) is 4.90 Å². The highest BCUT2D eigenvalue weighted by molar-refractivity contribution is 5.51. The van der Waals surface area contributed by atoms with Gasteiger partial charge in [0.1, 0.15) is 0 Å². The number of nitrogens with zero attached hydrogens (tertiary/aromatic N) is 1. The van der Waals surface area contributed by atoms with Crippen molar-refractivity contribution in [2.24, 2.45) is 5.92 Å². The van der Waals surface area contributed by atoms with Crippen LogP contribution in [-0.4, -0.2) is 17.5 Å². The first kappa shape index (κ1) is 12.0. The highest BCUT2D eigenvalue weighted by Crippen LogP contribution is 2.33. The van der Waals surface area contributed by atoms with E-state index in [2.05, 4.69) is 24.0 Å². The van der Waals surface area contributed by atoms with Crippen molar-refractivity contribution in [2.45, 2.75) is 51.6 Å². The van der Waals surface area contributed by atoms with Gasteiger partial charge in [-0.2, -0.15) is 0 Å². The van der Waals surface area contributed by atoms with Crippen molar-refractivity contribution in [3.05, 3.63) is 29.3 Å². The Hall–Kier alpha value is -1.02. The van der Waals surface area contributed by atoms with Gasteiger partial charge in [-0.15, -0.1) is 0 Å². The minimum absolute atomic E-state index is 0.711. The Morgan fingerprint density at radius 1 is 1.39 bits per heavy atom. The lowest BCUT2D eigenvalue weighted by Gasteiger charge is -2.37. The molecule has 1 aromatic carbocycles. The first-order valence-electron chi connectivity index (χ1n) is 7.34. The lowest BCUT2D eigenvalue weighted by molar-refractivity contribution is 0.142. The number of fused-ring (bicyclic) bond motifs is 1. The smallest absolute Gasteiger partial charge is 0.0362 e. The summed E-state index contributed by atoms with van der Waals surface area (Å²) >= 11 is 0. The fourth-order valence-electron chi connectivity index (χ4n) is 3.36. The van der Waals surface area contributed by atoms with E-state index >= 15 is 0 Å². The minimum Gasteiger partial charge on any atom is -0.398 e. The molecule has 1 aliphatic carbocycles. The van der Waals surface area contributed by atoms with E-state index in [9.17, 15) is 0 Å². The van der Waals surface area contributed by atoms with Gasteiger partial charge in [0.2, 0.25) is 0 Å². The Balaban J connectivity index is 1.67. The Labute approximate surface area is 110 Å². The van der Waals surface area contributed by atoms with Crippen LogP contribution in [0.25, 0.3) is 0 Å². The predicted octanol–water partition coefficient (Wildman–Crippen LogP) is 3.21. The maximum Gasteiger partial charge on any atom is 0.0362 e. The van der Waals surface area contributed by atoms with Gasteiger partial charge in [-0.1, -0.05) is 31.4 Å². The van der Waals surface area contributed by atoms with E-state index in [1.807, 2.05) is 6.07 Å². The molecule has 0 radical (unpaired) electrons. The number of hydrogen-bond donors (Lipinski definition) is 1. The molecule has 1 aliphatic heterocycles. The fourth-order valence-corrected chi connectivity index (χ4v) is 3.36. The van der Waals surface area contributed by atoms with E-state index in [1.54, 1.807) is 0 Å². The third-order valence-corrected chi connectivity index (χ3v) is 4.86. The molecule has 2 nitrogen and oxygen atoms in total. The molecule has 98 valence electrons. The second-order valence-corrected chi connectivity index (χ2v) is 6.09. The maximum absolute atomic E-state index is 6.12. The van der Waals surface area contributed by atoms with Gasteiger partial charge < -0.3 is 5.73 Å². The molecular weight excluding hydrogens is 220 g/mol. The largest absolute Gasteiger partial charge is 0.398 e. The molecule has 2 heteroatoms. The number of hydrogen-bond acceptors (Lipinski definition) is 2. The molecule has 0 saturated heterocycles. The van der Waals surface area contributed by atoms with Gasteiger partial charge in [0.15, 0.2) is 0 Å². The Morgan fingerprint density at radius 2 is 2.22 bits per heavy atom. The molecule has 2 N–H and O–H groups in total. The van der Waals surface area contributed by atoms with Gasteiger partial charge in [0.25, 0.3) is 0 Å². The molecule has 0 bridgehead atoms. The number of rotatable bonds is 3. The molecule has 1 atom stereocenters. The molecule has 0 spiro atoms. The Kier molecular flexibility index (Phi) is 3.29. The molecule has 0 amide bonds. The molecular formula is C16H24N2. The van der Waals surface area contributed by atoms with Gasteiger partial charge in [0, 0.05) is 24.8 Å². The van der Waals surface area contributed by atoms with E-state index < -0.39 is 0 Å². The van der Waals surface area contributed by atoms with Gasteiger partial charge in [-0.25, -0.2) is 0 Å². The highest BCUT2D eigenvalue weighted by atomic mass is 15.2. The summed E-state index contributed by atoms with van der Waals surface area (Å²) in [7, 11) is 0. The normalized spacial score (nSPS) is 22.3. The zero-order valence-electron chi connectivity index (χ0n) is 11.4. The zero-order chi connectivity index (χ0) is 12.5. The zero-order valence-corrected chi connectivity index (χ0v) is 11.4. The third-order valence-electron chi connectivity index (χ3n) is 4.86. The van der Waals surface area contributed by atoms with E-state index in [0.29, 0.717) is 6.04 Å². The van der Waals surface area contributed by atoms with Crippen molar-refractivity contribution >= 4 is 5.69 Å². The first-order chi connectivity index (χ1) is 8.74. The predicted molar refractivity (Wildman–Crippen MR) is 76.4 cm³/mol. The van der Waals surface area contributed by atoms with Crippen molar-refractivity contribution in [3.8, 4) is 0 Å². The summed E-state index contributed by atoms with van der Waals surface area (Å²) in [4.78, 5) is 2.62. The Bertz CT molecular complexity index is 423. The molecule has 1 heterocycles. The molecule has 1 aromatic rings. The van der Waals surface area contributed by atoms with Crippen LogP contribution in [0.5, 0.6) is 0 Å². The average molecular weight is 244 g/mol. The second kappa shape index (κ2) is 4.93. The summed E-state index contributed by atoms with van der Waals surface area (Å²) in [6.45, 7) is 4.64. The summed E-state index contributed by atoms with van der Waals surface area (Å²) < 4.78 is 0. The molecule has 0 aromatic heterocycles. The van der Waals surface area contributed by atoms with Gasteiger partial charge >= 0.3 is 0 Å². The van der Waals surface area contributed by atoms with Crippen LogP contribution < -0.4 is 5.73 Å². The van der Waals surface area contributed by atoms with Crippen LogP contribution in [0.4, 0.5) is 5.69 Å². The van der Waals surface area contributed by atoms with E-state index in [4.69, 9.17) is 5.73 Å². The van der Waals surface area contributed by atoms with Crippen LogP contribution in [0.15, 0.2) is 18.2 Å². The summed E-state index contributed by atoms with van der Waals surface area (Å²) in [5, 5.41) is 0. The highest BCUT2D eigenvalue weighted by Gasteiger charge is 2.26. The SMILES string of the molecule is CC(CC1CCC1)N1CCc2cccc(N)c2C1. The van der Waals surface area contributed by atoms with Crippen molar-refractivity contribution in [1.82, 2.24) is 4.90 Å². The van der Waals surface area contributed by atoms with Crippen molar-refractivity contribution in [3.63, 3.8) is 0 Å². The minimum atomic E-state index is 0.711. The molecule has 1 fully saturated rings. The van der Waals surface area contributed by atoms with Gasteiger partial charge in [-0.05, 0) is 42.9 Å². The van der Waals surface area contributed by atoms with Crippen LogP contribution in [-0.2, 0) is 13.0 Å². The lowest BCUT2D eigenvalue weighted by atomic mass is 9.80. The van der Waals surface area contributed by atoms with Gasteiger partial charge in [0.05, 0.1) is 0 Å². The molecule has 18 heavy (non-hydrogen) atoms. The second-order valence-electron chi connectivity index (χ2n) is 6.09. The standard InChI is InChI=1S/C16H24N2/c1-12(10-13-4-2-5-13)18-9-8-14-6-3-7-16(17)15(14)11-18/h3,6-7,12-13H,2,4-5,8-11,17H2,1H3. The van der Waals surface area contributed by atoms with Crippen molar-refractivity contribution in [1.29, 1.82) is 0 Å². The van der Waals surface area contributed by atoms with Crippen LogP contribution in [0, 0.1) is 5.92 Å². The number of benzene rings is 1. The average Bonchev–Trinajstić information content (AvgIpc) is 2.34. The molecule has 1 unspecified atom stereocenters. The summed E-state index contributed by atoms with van der Waals surface area (Å²) in [6, 6.07) is 7.07. The summed E-state index contributed by atoms with van der Waals surface area (Å²) in [5.41, 5.74) is 9.93. The number of anilines is 1. The summed E-state index contributed by atoms with van der Waals surface area (Å²) in [5.74, 6) is 0.995. The van der Waals surface area contributed by atoms with Crippen LogP contribution in [0.3, 0.4) is 0 Å². The maximum atomic E-state index is 6.12. The fraction of sp³-hybridized carbons (Fsp3) is 0.625. The van der Waals surface area contributed by atoms with Crippen LogP contribution in [0.1, 0.15) is 43.7 Å². The Morgan fingerprint density at radius 3 is 2.94 bits per heavy atom. The van der Waals surface area contributed by atoms with Crippen molar-refractivity contribution < 1.29 is 0 Å². The number of nitrogen functional groups attached to an aromatic ring is 1. The topological polar surface area (TPSA) is 29.3 Å². The van der Waals surface area contributed by atoms with Crippen LogP contribution in [0.2, 0.25) is 0 Å². The lowest BCUT2D eigenvalue weighted by Crippen LogP contribution is -2.39. The summed E-state index contributed by atoms with van der Waals surface area (Å²) in [6.07, 6.45) is 6.90. The van der Waals surface area contributed by atoms with E-state index in [0.717, 1.165) is 24.6 Å². The third kappa shape index (κ3) is 2.26. The van der Waals surface area contributed by atoms with Crippen molar-refractivity contribution in [2.75, 3.05) is 12.3 Å². The first-order valence-corrected chi connectivity index (χ1v) is 7.34.